The van der Waals surface area contributed by atoms with Gasteiger partial charge < -0.3 is 14.3 Å². The van der Waals surface area contributed by atoms with Crippen molar-refractivity contribution in [3.05, 3.63) is 101 Å². The molecule has 0 saturated heterocycles. The van der Waals surface area contributed by atoms with E-state index in [-0.39, 0.29) is 17.7 Å². The molecule has 1 atom stereocenters. The van der Waals surface area contributed by atoms with E-state index in [1.807, 2.05) is 93.2 Å². The Labute approximate surface area is 231 Å². The summed E-state index contributed by atoms with van der Waals surface area (Å²) in [5.41, 5.74) is -0.907. The van der Waals surface area contributed by atoms with E-state index in [9.17, 15) is 9.90 Å². The van der Waals surface area contributed by atoms with Gasteiger partial charge >= 0.3 is 6.09 Å². The topological polar surface area (TPSA) is 75.8 Å². The van der Waals surface area contributed by atoms with Crippen LogP contribution in [0.25, 0.3) is 0 Å². The first-order valence-corrected chi connectivity index (χ1v) is 14.4. The Bertz CT molecular complexity index is 1170. The minimum absolute atomic E-state index is 0.153. The van der Waals surface area contributed by atoms with E-state index in [1.165, 1.54) is 4.91 Å². The number of carbonyl (C=O) groups excluding carboxylic acids is 1. The van der Waals surface area contributed by atoms with Gasteiger partial charge in [-0.05, 0) is 49.6 Å². The first-order chi connectivity index (χ1) is 17.7. The molecule has 196 valence electrons. The number of oxazole rings is 1. The number of nitrogens with zero attached hydrogens (tertiary/aromatic N) is 2. The van der Waals surface area contributed by atoms with Gasteiger partial charge in [-0.3, -0.25) is 4.90 Å². The molecule has 1 unspecified atom stereocenters. The molecule has 1 aliphatic heterocycles. The lowest BCUT2D eigenvalue weighted by Crippen LogP contribution is -2.39. The molecule has 37 heavy (non-hydrogen) atoms. The van der Waals surface area contributed by atoms with Gasteiger partial charge in [0.15, 0.2) is 5.60 Å². The van der Waals surface area contributed by atoms with E-state index in [2.05, 4.69) is 27.0 Å². The molecule has 0 aliphatic carbocycles. The second-order valence-corrected chi connectivity index (χ2v) is 12.2. The molecule has 4 rings (SSSR count). The van der Waals surface area contributed by atoms with Crippen molar-refractivity contribution in [2.75, 3.05) is 11.9 Å². The fraction of sp³-hybridized carbons (Fsp3) is 0.379. The molecule has 8 heteroatoms. The van der Waals surface area contributed by atoms with E-state index in [4.69, 9.17) is 9.15 Å². The van der Waals surface area contributed by atoms with Crippen molar-refractivity contribution in [3.63, 3.8) is 0 Å². The van der Waals surface area contributed by atoms with Gasteiger partial charge in [-0.2, -0.15) is 0 Å². The molecule has 1 aliphatic rings. The SMILES string of the molecule is CC(C)(C)OC(=O)N(Cc1cnc(C(O)(c2ccccc2)c2ccccc2)o1)CC1CC=C(CCBr)S1. The Kier molecular flexibility index (Phi) is 8.82. The number of allylic oxidation sites excluding steroid dienone is 2. The molecule has 2 aromatic carbocycles. The van der Waals surface area contributed by atoms with Crippen molar-refractivity contribution in [3.8, 4) is 0 Å². The highest BCUT2D eigenvalue weighted by Gasteiger charge is 2.39. The van der Waals surface area contributed by atoms with E-state index < -0.39 is 17.3 Å². The predicted molar refractivity (Wildman–Crippen MR) is 151 cm³/mol. The van der Waals surface area contributed by atoms with Crippen LogP contribution in [-0.4, -0.2) is 43.8 Å². The number of amides is 1. The third-order valence-corrected chi connectivity index (χ3v) is 7.68. The van der Waals surface area contributed by atoms with E-state index in [0.29, 0.717) is 23.4 Å². The molecule has 1 amide bonds. The summed E-state index contributed by atoms with van der Waals surface area (Å²) in [6.45, 7) is 6.27. The Morgan fingerprint density at radius 3 is 2.32 bits per heavy atom. The fourth-order valence-corrected chi connectivity index (χ4v) is 6.20. The zero-order chi connectivity index (χ0) is 26.5. The van der Waals surface area contributed by atoms with Crippen LogP contribution in [0.15, 0.2) is 82.3 Å². The Morgan fingerprint density at radius 2 is 1.76 bits per heavy atom. The number of thioether (sulfide) groups is 1. The van der Waals surface area contributed by atoms with Crippen molar-refractivity contribution in [1.82, 2.24) is 9.88 Å². The van der Waals surface area contributed by atoms with Gasteiger partial charge in [-0.1, -0.05) is 82.7 Å². The molecule has 2 heterocycles. The van der Waals surface area contributed by atoms with Gasteiger partial charge in [0.2, 0.25) is 5.89 Å². The van der Waals surface area contributed by atoms with Gasteiger partial charge in [-0.25, -0.2) is 9.78 Å². The van der Waals surface area contributed by atoms with Crippen LogP contribution in [0.5, 0.6) is 0 Å². The molecular formula is C29H33BrN2O4S. The highest BCUT2D eigenvalue weighted by atomic mass is 79.9. The van der Waals surface area contributed by atoms with Gasteiger partial charge in [0.1, 0.15) is 11.4 Å². The summed E-state index contributed by atoms with van der Waals surface area (Å²) in [6.07, 6.45) is 5.31. The zero-order valence-corrected chi connectivity index (χ0v) is 23.8. The second-order valence-electron chi connectivity index (χ2n) is 10.0. The quantitative estimate of drug-likeness (QED) is 0.276. The average molecular weight is 586 g/mol. The Morgan fingerprint density at radius 1 is 1.14 bits per heavy atom. The molecule has 1 aromatic heterocycles. The summed E-state index contributed by atoms with van der Waals surface area (Å²) in [4.78, 5) is 20.6. The third kappa shape index (κ3) is 6.86. The standard InChI is InChI=1S/C29H33BrN2O4S/c1-28(2,3)36-27(33)32(20-25-15-14-24(37-25)16-17-30)19-23-18-31-26(35-23)29(34,21-10-6-4-7-11-21)22-12-8-5-9-13-22/h4-14,18,25,34H,15-17,19-20H2,1-3H3. The van der Waals surface area contributed by atoms with Crippen molar-refractivity contribution in [2.24, 2.45) is 0 Å². The van der Waals surface area contributed by atoms with Gasteiger partial charge in [0.05, 0.1) is 12.7 Å². The number of carbonyl (C=O) groups is 1. The smallest absolute Gasteiger partial charge is 0.410 e. The van der Waals surface area contributed by atoms with Crippen molar-refractivity contribution < 1.29 is 19.1 Å². The number of hydrogen-bond donors (Lipinski definition) is 1. The number of aromatic nitrogens is 1. The minimum Gasteiger partial charge on any atom is -0.444 e. The van der Waals surface area contributed by atoms with E-state index >= 15 is 0 Å². The fourth-order valence-electron chi connectivity index (χ4n) is 4.22. The first kappa shape index (κ1) is 27.5. The van der Waals surface area contributed by atoms with Crippen LogP contribution in [0.1, 0.15) is 56.4 Å². The van der Waals surface area contributed by atoms with Crippen LogP contribution in [-0.2, 0) is 16.9 Å². The van der Waals surface area contributed by atoms with Crippen LogP contribution < -0.4 is 0 Å². The Balaban J connectivity index is 1.60. The molecule has 6 nitrogen and oxygen atoms in total. The summed E-state index contributed by atoms with van der Waals surface area (Å²) in [5.74, 6) is 0.628. The van der Waals surface area contributed by atoms with Crippen LogP contribution in [0, 0.1) is 0 Å². The number of ether oxygens (including phenoxy) is 1. The molecule has 0 radical (unpaired) electrons. The van der Waals surface area contributed by atoms with Crippen molar-refractivity contribution in [2.45, 2.75) is 56.6 Å². The number of halogens is 1. The number of aliphatic hydroxyl groups is 1. The van der Waals surface area contributed by atoms with Gasteiger partial charge in [0.25, 0.3) is 0 Å². The molecular weight excluding hydrogens is 552 g/mol. The molecule has 0 fully saturated rings. The monoisotopic (exact) mass is 584 g/mol. The number of benzene rings is 2. The number of hydrogen-bond acceptors (Lipinski definition) is 6. The molecule has 0 saturated carbocycles. The van der Waals surface area contributed by atoms with Crippen molar-refractivity contribution >= 4 is 33.8 Å². The number of alkyl halides is 1. The summed E-state index contributed by atoms with van der Waals surface area (Å²) >= 11 is 5.31. The van der Waals surface area contributed by atoms with Gasteiger partial charge in [-0.15, -0.1) is 11.8 Å². The summed E-state index contributed by atoms with van der Waals surface area (Å²) in [7, 11) is 0. The maximum absolute atomic E-state index is 13.2. The minimum atomic E-state index is -1.58. The lowest BCUT2D eigenvalue weighted by Gasteiger charge is -2.29. The van der Waals surface area contributed by atoms with Gasteiger partial charge in [0, 0.05) is 17.1 Å². The van der Waals surface area contributed by atoms with Crippen LogP contribution in [0.2, 0.25) is 0 Å². The molecule has 3 aromatic rings. The molecule has 1 N–H and O–H groups in total. The highest BCUT2D eigenvalue weighted by Crippen LogP contribution is 2.37. The maximum Gasteiger partial charge on any atom is 0.410 e. The van der Waals surface area contributed by atoms with E-state index in [0.717, 1.165) is 18.2 Å². The normalized spacial score (nSPS) is 15.9. The van der Waals surface area contributed by atoms with Crippen LogP contribution >= 0.6 is 27.7 Å². The maximum atomic E-state index is 13.2. The van der Waals surface area contributed by atoms with E-state index in [1.54, 1.807) is 11.1 Å². The first-order valence-electron chi connectivity index (χ1n) is 12.4. The van der Waals surface area contributed by atoms with Crippen LogP contribution in [0.3, 0.4) is 0 Å². The largest absolute Gasteiger partial charge is 0.444 e. The highest BCUT2D eigenvalue weighted by molar-refractivity contribution is 9.09. The van der Waals surface area contributed by atoms with Crippen LogP contribution in [0.4, 0.5) is 4.79 Å². The lowest BCUT2D eigenvalue weighted by molar-refractivity contribution is 0.0218. The Hall–Kier alpha value is -2.55. The summed E-state index contributed by atoms with van der Waals surface area (Å²) < 4.78 is 11.9. The predicted octanol–water partition coefficient (Wildman–Crippen LogP) is 6.87. The molecule has 0 spiro atoms. The molecule has 0 bridgehead atoms. The summed E-state index contributed by atoms with van der Waals surface area (Å²) in [5, 5.41) is 13.1. The number of rotatable bonds is 9. The third-order valence-electron chi connectivity index (χ3n) is 5.94. The average Bonchev–Trinajstić information content (AvgIpc) is 3.53. The van der Waals surface area contributed by atoms with Crippen molar-refractivity contribution in [1.29, 1.82) is 0 Å². The second kappa shape index (κ2) is 11.9. The lowest BCUT2D eigenvalue weighted by atomic mass is 9.86. The zero-order valence-electron chi connectivity index (χ0n) is 21.4. The summed E-state index contributed by atoms with van der Waals surface area (Å²) in [6, 6.07) is 18.7.